The quantitative estimate of drug-likeness (QED) is 0.791. The first-order valence-corrected chi connectivity index (χ1v) is 5.83. The van der Waals surface area contributed by atoms with Gasteiger partial charge in [0.25, 0.3) is 0 Å². The third kappa shape index (κ3) is 3.53. The molecule has 0 bridgehead atoms. The first kappa shape index (κ1) is 12.0. The van der Waals surface area contributed by atoms with Crippen molar-refractivity contribution in [1.82, 2.24) is 0 Å². The Morgan fingerprint density at radius 2 is 1.73 bits per heavy atom. The van der Waals surface area contributed by atoms with Crippen LogP contribution in [0.15, 0.2) is 24.3 Å². The van der Waals surface area contributed by atoms with Gasteiger partial charge in [0.15, 0.2) is 0 Å². The van der Waals surface area contributed by atoms with Crippen molar-refractivity contribution in [3.8, 4) is 5.75 Å². The molecule has 5 heteroatoms. The van der Waals surface area contributed by atoms with E-state index in [0.717, 1.165) is 5.56 Å². The normalized spacial score (nSPS) is 12.5. The monoisotopic (exact) mass is 230 g/mol. The molecule has 0 radical (unpaired) electrons. The summed E-state index contributed by atoms with van der Waals surface area (Å²) in [5.74, 6) is 0.160. The van der Waals surface area contributed by atoms with Crippen LogP contribution in [0.3, 0.4) is 0 Å². The Morgan fingerprint density at radius 1 is 1.20 bits per heavy atom. The summed E-state index contributed by atoms with van der Waals surface area (Å²) in [6.07, 6.45) is 0. The second kappa shape index (κ2) is 3.83. The number of para-hydroxylation sites is 1. The average Bonchev–Trinajstić information content (AvgIpc) is 1.99. The van der Waals surface area contributed by atoms with Crippen LogP contribution in [0.25, 0.3) is 0 Å². The smallest absolute Gasteiger partial charge is 0.361 e. The average molecular weight is 230 g/mol. The Hall–Kier alpha value is -1.07. The molecule has 0 aliphatic carbocycles. The molecule has 0 amide bonds. The van der Waals surface area contributed by atoms with Gasteiger partial charge in [0.1, 0.15) is 5.75 Å². The minimum absolute atomic E-state index is 0.160. The summed E-state index contributed by atoms with van der Waals surface area (Å²) in [4.78, 5) is 0. The van der Waals surface area contributed by atoms with Gasteiger partial charge >= 0.3 is 10.4 Å². The Kier molecular flexibility index (Phi) is 3.06. The largest absolute Gasteiger partial charge is 0.446 e. The molecule has 1 rings (SSSR count). The van der Waals surface area contributed by atoms with Crippen LogP contribution >= 0.6 is 0 Å². The zero-order valence-electron chi connectivity index (χ0n) is 8.89. The van der Waals surface area contributed by atoms with Gasteiger partial charge in [-0.1, -0.05) is 39.0 Å². The van der Waals surface area contributed by atoms with Crippen LogP contribution in [-0.4, -0.2) is 13.0 Å². The molecule has 0 atom stereocenters. The van der Waals surface area contributed by atoms with E-state index in [1.165, 1.54) is 6.07 Å². The van der Waals surface area contributed by atoms with Crippen molar-refractivity contribution in [2.75, 3.05) is 0 Å². The van der Waals surface area contributed by atoms with Crippen molar-refractivity contribution in [3.63, 3.8) is 0 Å². The minimum atomic E-state index is -4.46. The third-order valence-corrected chi connectivity index (χ3v) is 2.28. The maximum Gasteiger partial charge on any atom is 0.446 e. The molecule has 0 fully saturated rings. The Balaban J connectivity index is 3.19. The number of hydrogen-bond acceptors (Lipinski definition) is 3. The SMILES string of the molecule is CC(C)(C)c1ccccc1OS(=O)(=O)O. The van der Waals surface area contributed by atoms with Crippen LogP contribution < -0.4 is 4.18 Å². The van der Waals surface area contributed by atoms with Gasteiger partial charge in [-0.05, 0) is 11.5 Å². The highest BCUT2D eigenvalue weighted by Crippen LogP contribution is 2.31. The minimum Gasteiger partial charge on any atom is -0.361 e. The molecule has 0 unspecified atom stereocenters. The highest BCUT2D eigenvalue weighted by Gasteiger charge is 2.20. The third-order valence-electron chi connectivity index (χ3n) is 1.89. The highest BCUT2D eigenvalue weighted by molar-refractivity contribution is 7.81. The highest BCUT2D eigenvalue weighted by atomic mass is 32.3. The lowest BCUT2D eigenvalue weighted by atomic mass is 9.86. The van der Waals surface area contributed by atoms with Crippen molar-refractivity contribution in [3.05, 3.63) is 29.8 Å². The Bertz CT molecular complexity index is 443. The summed E-state index contributed by atoms with van der Waals surface area (Å²) >= 11 is 0. The van der Waals surface area contributed by atoms with Gasteiger partial charge in [0, 0.05) is 5.56 Å². The van der Waals surface area contributed by atoms with E-state index >= 15 is 0 Å². The first-order chi connectivity index (χ1) is 6.70. The molecular weight excluding hydrogens is 216 g/mol. The Labute approximate surface area is 89.8 Å². The second-order valence-electron chi connectivity index (χ2n) is 4.26. The van der Waals surface area contributed by atoms with Gasteiger partial charge in [0.2, 0.25) is 0 Å². The van der Waals surface area contributed by atoms with Gasteiger partial charge in [-0.2, -0.15) is 8.42 Å². The topological polar surface area (TPSA) is 63.6 Å². The van der Waals surface area contributed by atoms with Crippen LogP contribution in [0.2, 0.25) is 0 Å². The molecule has 1 N–H and O–H groups in total. The molecule has 0 aromatic heterocycles. The van der Waals surface area contributed by atoms with E-state index < -0.39 is 10.4 Å². The fraction of sp³-hybridized carbons (Fsp3) is 0.400. The number of rotatable bonds is 2. The van der Waals surface area contributed by atoms with Gasteiger partial charge < -0.3 is 4.18 Å². The number of benzene rings is 1. The first-order valence-electron chi connectivity index (χ1n) is 4.46. The predicted molar refractivity (Wildman–Crippen MR) is 57.3 cm³/mol. The van der Waals surface area contributed by atoms with Crippen LogP contribution in [0.4, 0.5) is 0 Å². The lowest BCUT2D eigenvalue weighted by Gasteiger charge is -2.21. The summed E-state index contributed by atoms with van der Waals surface area (Å²) in [7, 11) is -4.46. The lowest BCUT2D eigenvalue weighted by molar-refractivity contribution is 0.381. The fourth-order valence-corrected chi connectivity index (χ4v) is 1.64. The lowest BCUT2D eigenvalue weighted by Crippen LogP contribution is -2.15. The molecule has 15 heavy (non-hydrogen) atoms. The van der Waals surface area contributed by atoms with E-state index in [2.05, 4.69) is 4.18 Å². The number of hydrogen-bond donors (Lipinski definition) is 1. The molecule has 0 aliphatic rings. The maximum absolute atomic E-state index is 10.6. The van der Waals surface area contributed by atoms with Crippen LogP contribution in [-0.2, 0) is 15.8 Å². The van der Waals surface area contributed by atoms with Gasteiger partial charge in [-0.25, -0.2) is 0 Å². The molecule has 1 aromatic carbocycles. The molecule has 0 heterocycles. The standard InChI is InChI=1S/C10H14O4S/c1-10(2,3)8-6-4-5-7-9(8)14-15(11,12)13/h4-7H,1-3H3,(H,11,12,13). The van der Waals surface area contributed by atoms with E-state index in [1.54, 1.807) is 18.2 Å². The van der Waals surface area contributed by atoms with Crippen molar-refractivity contribution in [2.45, 2.75) is 26.2 Å². The van der Waals surface area contributed by atoms with E-state index in [-0.39, 0.29) is 11.2 Å². The van der Waals surface area contributed by atoms with E-state index in [4.69, 9.17) is 4.55 Å². The van der Waals surface area contributed by atoms with Crippen LogP contribution in [0, 0.1) is 0 Å². The summed E-state index contributed by atoms with van der Waals surface area (Å²) in [6, 6.07) is 6.71. The zero-order chi connectivity index (χ0) is 11.7. The van der Waals surface area contributed by atoms with Crippen molar-refractivity contribution >= 4 is 10.4 Å². The molecule has 0 spiro atoms. The van der Waals surface area contributed by atoms with Crippen molar-refractivity contribution in [1.29, 1.82) is 0 Å². The predicted octanol–water partition coefficient (Wildman–Crippen LogP) is 2.17. The molecule has 0 saturated carbocycles. The van der Waals surface area contributed by atoms with E-state index in [0.29, 0.717) is 0 Å². The van der Waals surface area contributed by atoms with E-state index in [1.807, 2.05) is 20.8 Å². The van der Waals surface area contributed by atoms with Crippen LogP contribution in [0.1, 0.15) is 26.3 Å². The van der Waals surface area contributed by atoms with Crippen molar-refractivity contribution in [2.24, 2.45) is 0 Å². The Morgan fingerprint density at radius 3 is 2.20 bits per heavy atom. The molecule has 84 valence electrons. The summed E-state index contributed by atoms with van der Waals surface area (Å²) in [5.41, 5.74) is 0.476. The van der Waals surface area contributed by atoms with Gasteiger partial charge in [-0.15, -0.1) is 0 Å². The second-order valence-corrected chi connectivity index (χ2v) is 5.28. The van der Waals surface area contributed by atoms with Crippen molar-refractivity contribution < 1.29 is 17.2 Å². The summed E-state index contributed by atoms with van der Waals surface area (Å²) in [6.45, 7) is 5.79. The summed E-state index contributed by atoms with van der Waals surface area (Å²) < 4.78 is 34.3. The molecule has 0 saturated heterocycles. The molecular formula is C10H14O4S. The molecule has 1 aromatic rings. The van der Waals surface area contributed by atoms with E-state index in [9.17, 15) is 8.42 Å². The van der Waals surface area contributed by atoms with Crippen LogP contribution in [0.5, 0.6) is 5.75 Å². The van der Waals surface area contributed by atoms with Gasteiger partial charge in [-0.3, -0.25) is 4.55 Å². The molecule has 0 aliphatic heterocycles. The van der Waals surface area contributed by atoms with Gasteiger partial charge in [0.05, 0.1) is 0 Å². The fourth-order valence-electron chi connectivity index (χ4n) is 1.27. The molecule has 4 nitrogen and oxygen atoms in total. The zero-order valence-corrected chi connectivity index (χ0v) is 9.71. The summed E-state index contributed by atoms with van der Waals surface area (Å²) in [5, 5.41) is 0. The maximum atomic E-state index is 10.6.